The highest BCUT2D eigenvalue weighted by molar-refractivity contribution is 5.96. The summed E-state index contributed by atoms with van der Waals surface area (Å²) in [5.74, 6) is -1.42. The third-order valence-electron chi connectivity index (χ3n) is 3.00. The van der Waals surface area contributed by atoms with E-state index in [9.17, 15) is 14.4 Å². The van der Waals surface area contributed by atoms with Crippen LogP contribution in [0.3, 0.4) is 0 Å². The molecule has 1 aromatic rings. The number of esters is 1. The highest BCUT2D eigenvalue weighted by Gasteiger charge is 2.19. The topological polar surface area (TPSA) is 97.6 Å². The van der Waals surface area contributed by atoms with Gasteiger partial charge in [-0.1, -0.05) is 12.8 Å². The first-order chi connectivity index (χ1) is 9.65. The molecule has 2 rings (SSSR count). The molecule has 108 valence electrons. The molecular formula is C13H16N2O5. The van der Waals surface area contributed by atoms with Gasteiger partial charge in [0.25, 0.3) is 5.91 Å². The number of ether oxygens (including phenoxy) is 1. The van der Waals surface area contributed by atoms with Gasteiger partial charge in [0.2, 0.25) is 5.76 Å². The molecule has 7 nitrogen and oxygen atoms in total. The Balaban J connectivity index is 1.67. The predicted octanol–water partition coefficient (Wildman–Crippen LogP) is 1.20. The molecule has 0 spiro atoms. The van der Waals surface area contributed by atoms with Crippen LogP contribution in [0.15, 0.2) is 22.8 Å². The van der Waals surface area contributed by atoms with E-state index in [-0.39, 0.29) is 11.8 Å². The molecule has 0 saturated heterocycles. The van der Waals surface area contributed by atoms with E-state index in [1.165, 1.54) is 18.4 Å². The smallest absolute Gasteiger partial charge is 0.374 e. The predicted molar refractivity (Wildman–Crippen MR) is 67.9 cm³/mol. The molecule has 1 aliphatic carbocycles. The molecule has 1 saturated carbocycles. The first kappa shape index (κ1) is 14.1. The lowest BCUT2D eigenvalue weighted by molar-refractivity contribution is -0.123. The van der Waals surface area contributed by atoms with E-state index < -0.39 is 24.5 Å². The van der Waals surface area contributed by atoms with Gasteiger partial charge in [0.15, 0.2) is 6.61 Å². The minimum atomic E-state index is -0.749. The lowest BCUT2D eigenvalue weighted by atomic mass is 10.2. The molecule has 2 N–H and O–H groups in total. The van der Waals surface area contributed by atoms with Crippen LogP contribution in [-0.4, -0.2) is 30.6 Å². The van der Waals surface area contributed by atoms with Crippen molar-refractivity contribution in [3.05, 3.63) is 24.2 Å². The van der Waals surface area contributed by atoms with Crippen molar-refractivity contribution in [3.8, 4) is 0 Å². The second-order valence-corrected chi connectivity index (χ2v) is 4.56. The van der Waals surface area contributed by atoms with Gasteiger partial charge in [-0.3, -0.25) is 10.1 Å². The Kier molecular flexibility index (Phi) is 4.75. The molecule has 1 aliphatic rings. The monoisotopic (exact) mass is 280 g/mol. The fourth-order valence-corrected chi connectivity index (χ4v) is 2.05. The molecule has 0 unspecified atom stereocenters. The second kappa shape index (κ2) is 6.74. The summed E-state index contributed by atoms with van der Waals surface area (Å²) in [7, 11) is 0. The highest BCUT2D eigenvalue weighted by atomic mass is 16.5. The first-order valence-electron chi connectivity index (χ1n) is 6.46. The Morgan fingerprint density at radius 3 is 2.70 bits per heavy atom. The van der Waals surface area contributed by atoms with Gasteiger partial charge >= 0.3 is 12.0 Å². The molecule has 7 heteroatoms. The number of carbonyl (C=O) groups excluding carboxylic acids is 3. The Bertz CT molecular complexity index is 477. The zero-order valence-electron chi connectivity index (χ0n) is 10.9. The summed E-state index contributed by atoms with van der Waals surface area (Å²) in [6.07, 6.45) is 5.34. The molecule has 1 fully saturated rings. The molecule has 1 aromatic heterocycles. The van der Waals surface area contributed by atoms with Crippen LogP contribution in [-0.2, 0) is 9.53 Å². The third kappa shape index (κ3) is 4.11. The van der Waals surface area contributed by atoms with Gasteiger partial charge in [0.05, 0.1) is 6.26 Å². The van der Waals surface area contributed by atoms with Crippen molar-refractivity contribution in [1.29, 1.82) is 0 Å². The quantitative estimate of drug-likeness (QED) is 0.808. The maximum Gasteiger partial charge on any atom is 0.374 e. The lowest BCUT2D eigenvalue weighted by Gasteiger charge is -2.12. The van der Waals surface area contributed by atoms with Crippen molar-refractivity contribution >= 4 is 17.9 Å². The van der Waals surface area contributed by atoms with Gasteiger partial charge in [0, 0.05) is 6.04 Å². The van der Waals surface area contributed by atoms with Gasteiger partial charge < -0.3 is 14.5 Å². The van der Waals surface area contributed by atoms with Crippen molar-refractivity contribution in [2.45, 2.75) is 31.7 Å². The summed E-state index contributed by atoms with van der Waals surface area (Å²) in [5.41, 5.74) is 0. The van der Waals surface area contributed by atoms with Gasteiger partial charge in [0.1, 0.15) is 0 Å². The molecule has 3 amide bonds. The maximum absolute atomic E-state index is 11.5. The van der Waals surface area contributed by atoms with E-state index in [1.54, 1.807) is 0 Å². The van der Waals surface area contributed by atoms with Crippen LogP contribution >= 0.6 is 0 Å². The van der Waals surface area contributed by atoms with Gasteiger partial charge in [-0.05, 0) is 25.0 Å². The molecule has 0 aromatic carbocycles. The molecular weight excluding hydrogens is 264 g/mol. The van der Waals surface area contributed by atoms with Crippen molar-refractivity contribution in [3.63, 3.8) is 0 Å². The molecule has 20 heavy (non-hydrogen) atoms. The summed E-state index contributed by atoms with van der Waals surface area (Å²) in [4.78, 5) is 34.3. The standard InChI is InChI=1S/C13H16N2O5/c16-11(8-20-12(17)10-6-3-7-19-10)15-13(18)14-9-4-1-2-5-9/h3,6-7,9H,1-2,4-5,8H2,(H2,14,15,16,18). The van der Waals surface area contributed by atoms with E-state index in [1.807, 2.05) is 0 Å². The van der Waals surface area contributed by atoms with Gasteiger partial charge in [-0.15, -0.1) is 0 Å². The fraction of sp³-hybridized carbons (Fsp3) is 0.462. The molecule has 0 aliphatic heterocycles. The number of carbonyl (C=O) groups is 3. The van der Waals surface area contributed by atoms with E-state index in [0.717, 1.165) is 25.7 Å². The van der Waals surface area contributed by atoms with E-state index >= 15 is 0 Å². The number of rotatable bonds is 4. The Morgan fingerprint density at radius 1 is 1.30 bits per heavy atom. The van der Waals surface area contributed by atoms with Crippen LogP contribution in [0.5, 0.6) is 0 Å². The van der Waals surface area contributed by atoms with Crippen molar-refractivity contribution < 1.29 is 23.5 Å². The molecule has 0 atom stereocenters. The van der Waals surface area contributed by atoms with Crippen LogP contribution in [0.4, 0.5) is 4.79 Å². The molecule has 1 heterocycles. The average molecular weight is 280 g/mol. The Morgan fingerprint density at radius 2 is 2.05 bits per heavy atom. The van der Waals surface area contributed by atoms with Crippen LogP contribution in [0, 0.1) is 0 Å². The number of urea groups is 1. The number of amides is 3. The zero-order valence-corrected chi connectivity index (χ0v) is 10.9. The van der Waals surface area contributed by atoms with E-state index in [4.69, 9.17) is 9.15 Å². The van der Waals surface area contributed by atoms with Crippen molar-refractivity contribution in [2.75, 3.05) is 6.61 Å². The summed E-state index contributed by atoms with van der Waals surface area (Å²) < 4.78 is 9.51. The van der Waals surface area contributed by atoms with Gasteiger partial charge in [-0.2, -0.15) is 0 Å². The third-order valence-corrected chi connectivity index (χ3v) is 3.00. The number of nitrogens with one attached hydrogen (secondary N) is 2. The molecule has 0 bridgehead atoms. The lowest BCUT2D eigenvalue weighted by Crippen LogP contribution is -2.44. The minimum Gasteiger partial charge on any atom is -0.457 e. The second-order valence-electron chi connectivity index (χ2n) is 4.56. The van der Waals surface area contributed by atoms with Crippen LogP contribution in [0.25, 0.3) is 0 Å². The van der Waals surface area contributed by atoms with Crippen molar-refractivity contribution in [1.82, 2.24) is 10.6 Å². The summed E-state index contributed by atoms with van der Waals surface area (Å²) in [6.45, 7) is -0.530. The Hall–Kier alpha value is -2.31. The largest absolute Gasteiger partial charge is 0.457 e. The number of imide groups is 1. The summed E-state index contributed by atoms with van der Waals surface area (Å²) in [5, 5.41) is 4.81. The number of furan rings is 1. The maximum atomic E-state index is 11.5. The van der Waals surface area contributed by atoms with Gasteiger partial charge in [-0.25, -0.2) is 9.59 Å². The molecule has 0 radical (unpaired) electrons. The normalized spacial score (nSPS) is 14.8. The zero-order chi connectivity index (χ0) is 14.4. The first-order valence-corrected chi connectivity index (χ1v) is 6.46. The SMILES string of the molecule is O=C(COC(=O)c1ccco1)NC(=O)NC1CCCC1. The average Bonchev–Trinajstić information content (AvgIpc) is 3.08. The summed E-state index contributed by atoms with van der Waals surface area (Å²) in [6, 6.07) is 2.52. The van der Waals surface area contributed by atoms with Crippen LogP contribution in [0.1, 0.15) is 36.2 Å². The van der Waals surface area contributed by atoms with E-state index in [0.29, 0.717) is 0 Å². The van der Waals surface area contributed by atoms with Crippen LogP contribution < -0.4 is 10.6 Å². The van der Waals surface area contributed by atoms with Crippen molar-refractivity contribution in [2.24, 2.45) is 0 Å². The summed E-state index contributed by atoms with van der Waals surface area (Å²) >= 11 is 0. The highest BCUT2D eigenvalue weighted by Crippen LogP contribution is 2.17. The Labute approximate surface area is 115 Å². The minimum absolute atomic E-state index is 0.00760. The van der Waals surface area contributed by atoms with E-state index in [2.05, 4.69) is 10.6 Å². The van der Waals surface area contributed by atoms with Crippen LogP contribution in [0.2, 0.25) is 0 Å². The fourth-order valence-electron chi connectivity index (χ4n) is 2.05. The number of hydrogen-bond acceptors (Lipinski definition) is 5. The number of hydrogen-bond donors (Lipinski definition) is 2.